The summed E-state index contributed by atoms with van der Waals surface area (Å²) in [5, 5.41) is 4.92. The molecule has 7 heteroatoms. The molecule has 1 aromatic carbocycles. The van der Waals surface area contributed by atoms with E-state index in [1.165, 1.54) is 6.07 Å². The van der Waals surface area contributed by atoms with E-state index in [0.29, 0.717) is 34.0 Å². The van der Waals surface area contributed by atoms with Gasteiger partial charge in [-0.1, -0.05) is 6.07 Å². The smallest absolute Gasteiger partial charge is 0.232 e. The first kappa shape index (κ1) is 14.4. The molecule has 25 heavy (non-hydrogen) atoms. The largest absolute Gasteiger partial charge is 0.473 e. The number of ether oxygens (including phenoxy) is 1. The van der Waals surface area contributed by atoms with Crippen LogP contribution in [0.15, 0.2) is 47.0 Å². The number of nitrogens with zero attached hydrogens (tertiary/aromatic N) is 3. The number of rotatable bonds is 3. The molecular formula is C18H15FN4O2. The molecule has 1 aliphatic carbocycles. The van der Waals surface area contributed by atoms with Crippen molar-refractivity contribution < 1.29 is 13.5 Å². The molecular weight excluding hydrogens is 323 g/mol. The molecule has 126 valence electrons. The SMILES string of the molecule is NC1CC(Oc2ccc3ncc(-c4cc5c(F)cccc5o4)n3n2)C1. The summed E-state index contributed by atoms with van der Waals surface area (Å²) in [6, 6.07) is 10.2. The number of furan rings is 1. The second-order valence-electron chi connectivity index (χ2n) is 6.32. The zero-order chi connectivity index (χ0) is 17.0. The second kappa shape index (κ2) is 5.29. The van der Waals surface area contributed by atoms with E-state index < -0.39 is 0 Å². The quantitative estimate of drug-likeness (QED) is 0.621. The first-order valence-corrected chi connectivity index (χ1v) is 8.13. The molecule has 0 radical (unpaired) electrons. The van der Waals surface area contributed by atoms with Gasteiger partial charge in [-0.2, -0.15) is 0 Å². The van der Waals surface area contributed by atoms with Crippen molar-refractivity contribution in [1.29, 1.82) is 0 Å². The lowest BCUT2D eigenvalue weighted by atomic mass is 9.90. The molecule has 3 heterocycles. The first-order chi connectivity index (χ1) is 12.2. The van der Waals surface area contributed by atoms with Crippen LogP contribution >= 0.6 is 0 Å². The Morgan fingerprint density at radius 1 is 1.24 bits per heavy atom. The van der Waals surface area contributed by atoms with Gasteiger partial charge < -0.3 is 14.9 Å². The van der Waals surface area contributed by atoms with E-state index in [0.717, 1.165) is 12.8 Å². The van der Waals surface area contributed by atoms with Gasteiger partial charge in [0.25, 0.3) is 0 Å². The third-order valence-corrected chi connectivity index (χ3v) is 4.52. The predicted molar refractivity (Wildman–Crippen MR) is 89.8 cm³/mol. The Morgan fingerprint density at radius 2 is 2.12 bits per heavy atom. The Labute approximate surface area is 142 Å². The molecule has 0 saturated heterocycles. The third kappa shape index (κ3) is 2.35. The molecule has 0 unspecified atom stereocenters. The Kier molecular flexibility index (Phi) is 3.05. The molecule has 0 bridgehead atoms. The summed E-state index contributed by atoms with van der Waals surface area (Å²) in [7, 11) is 0. The topological polar surface area (TPSA) is 78.6 Å². The van der Waals surface area contributed by atoms with Crippen molar-refractivity contribution >= 4 is 16.6 Å². The fraction of sp³-hybridized carbons (Fsp3) is 0.222. The highest BCUT2D eigenvalue weighted by Gasteiger charge is 2.28. The van der Waals surface area contributed by atoms with Gasteiger partial charge in [-0.25, -0.2) is 13.9 Å². The van der Waals surface area contributed by atoms with Crippen LogP contribution < -0.4 is 10.5 Å². The molecule has 0 spiro atoms. The van der Waals surface area contributed by atoms with Crippen LogP contribution in [0.2, 0.25) is 0 Å². The van der Waals surface area contributed by atoms with Crippen molar-refractivity contribution in [2.45, 2.75) is 25.0 Å². The maximum absolute atomic E-state index is 13.9. The molecule has 5 rings (SSSR count). The van der Waals surface area contributed by atoms with Crippen LogP contribution in [-0.2, 0) is 0 Å². The Bertz CT molecular complexity index is 1080. The standard InChI is InChI=1S/C18H15FN4O2/c19-13-2-1-3-15-12(13)8-16(25-15)14-9-21-17-4-5-18(22-23(14)17)24-11-6-10(20)7-11/h1-5,8-11H,6-7,20H2. The van der Waals surface area contributed by atoms with E-state index in [9.17, 15) is 4.39 Å². The van der Waals surface area contributed by atoms with Crippen LogP contribution in [0.4, 0.5) is 4.39 Å². The van der Waals surface area contributed by atoms with Crippen LogP contribution in [-0.4, -0.2) is 26.7 Å². The normalized spacial score (nSPS) is 20.1. The maximum atomic E-state index is 13.9. The van der Waals surface area contributed by atoms with Crippen molar-refractivity contribution in [1.82, 2.24) is 14.6 Å². The Morgan fingerprint density at radius 3 is 2.92 bits per heavy atom. The number of imidazole rings is 1. The van der Waals surface area contributed by atoms with E-state index in [2.05, 4.69) is 10.1 Å². The average Bonchev–Trinajstić information content (AvgIpc) is 3.17. The summed E-state index contributed by atoms with van der Waals surface area (Å²) in [6.07, 6.45) is 3.42. The molecule has 3 aromatic heterocycles. The zero-order valence-corrected chi connectivity index (χ0v) is 13.2. The van der Waals surface area contributed by atoms with E-state index in [-0.39, 0.29) is 18.0 Å². The fourth-order valence-corrected chi connectivity index (χ4v) is 3.11. The lowest BCUT2D eigenvalue weighted by Gasteiger charge is -2.31. The molecule has 1 saturated carbocycles. The van der Waals surface area contributed by atoms with Crippen LogP contribution in [0.3, 0.4) is 0 Å². The van der Waals surface area contributed by atoms with Gasteiger partial charge in [0.05, 0.1) is 11.6 Å². The number of aromatic nitrogens is 3. The van der Waals surface area contributed by atoms with E-state index in [1.54, 1.807) is 35.0 Å². The van der Waals surface area contributed by atoms with Crippen molar-refractivity contribution in [3.63, 3.8) is 0 Å². The number of nitrogens with two attached hydrogens (primary N) is 1. The number of hydrogen-bond acceptors (Lipinski definition) is 5. The van der Waals surface area contributed by atoms with Gasteiger partial charge >= 0.3 is 0 Å². The Hall–Kier alpha value is -2.93. The number of fused-ring (bicyclic) bond motifs is 2. The summed E-state index contributed by atoms with van der Waals surface area (Å²) in [5.74, 6) is 0.688. The van der Waals surface area contributed by atoms with Crippen molar-refractivity contribution in [3.8, 4) is 17.3 Å². The minimum atomic E-state index is -0.320. The number of benzene rings is 1. The molecule has 4 aromatic rings. The second-order valence-corrected chi connectivity index (χ2v) is 6.32. The molecule has 0 atom stereocenters. The predicted octanol–water partition coefficient (Wildman–Crippen LogP) is 3.15. The first-order valence-electron chi connectivity index (χ1n) is 8.13. The lowest BCUT2D eigenvalue weighted by molar-refractivity contribution is 0.0944. The summed E-state index contributed by atoms with van der Waals surface area (Å²) < 4.78 is 27.2. The lowest BCUT2D eigenvalue weighted by Crippen LogP contribution is -2.43. The summed E-state index contributed by atoms with van der Waals surface area (Å²) in [5.41, 5.74) is 7.57. The molecule has 2 N–H and O–H groups in total. The fourth-order valence-electron chi connectivity index (χ4n) is 3.11. The van der Waals surface area contributed by atoms with Gasteiger partial charge in [-0.3, -0.25) is 0 Å². The van der Waals surface area contributed by atoms with E-state index in [4.69, 9.17) is 14.9 Å². The Balaban J connectivity index is 1.56. The van der Waals surface area contributed by atoms with Crippen LogP contribution in [0.5, 0.6) is 5.88 Å². The van der Waals surface area contributed by atoms with Crippen LogP contribution in [0, 0.1) is 5.82 Å². The highest BCUT2D eigenvalue weighted by Crippen LogP contribution is 2.30. The number of hydrogen-bond donors (Lipinski definition) is 1. The third-order valence-electron chi connectivity index (χ3n) is 4.52. The van der Waals surface area contributed by atoms with Crippen LogP contribution in [0.1, 0.15) is 12.8 Å². The van der Waals surface area contributed by atoms with Gasteiger partial charge in [-0.15, -0.1) is 5.10 Å². The minimum absolute atomic E-state index is 0.104. The van der Waals surface area contributed by atoms with Crippen molar-refractivity contribution in [3.05, 3.63) is 48.4 Å². The van der Waals surface area contributed by atoms with Gasteiger partial charge in [-0.05, 0) is 37.1 Å². The van der Waals surface area contributed by atoms with Gasteiger partial charge in [0.1, 0.15) is 23.2 Å². The zero-order valence-electron chi connectivity index (χ0n) is 13.2. The molecule has 0 aliphatic heterocycles. The molecule has 1 fully saturated rings. The molecule has 1 aliphatic rings. The van der Waals surface area contributed by atoms with Gasteiger partial charge in [0, 0.05) is 12.1 Å². The molecule has 6 nitrogen and oxygen atoms in total. The van der Waals surface area contributed by atoms with Crippen molar-refractivity contribution in [2.75, 3.05) is 0 Å². The maximum Gasteiger partial charge on any atom is 0.232 e. The van der Waals surface area contributed by atoms with Crippen LogP contribution in [0.25, 0.3) is 28.1 Å². The minimum Gasteiger partial charge on any atom is -0.473 e. The molecule has 0 amide bonds. The van der Waals surface area contributed by atoms with E-state index in [1.807, 2.05) is 6.07 Å². The van der Waals surface area contributed by atoms with Gasteiger partial charge in [0.2, 0.25) is 5.88 Å². The summed E-state index contributed by atoms with van der Waals surface area (Å²) in [4.78, 5) is 4.33. The summed E-state index contributed by atoms with van der Waals surface area (Å²) in [6.45, 7) is 0. The average molecular weight is 338 g/mol. The highest BCUT2D eigenvalue weighted by atomic mass is 19.1. The summed E-state index contributed by atoms with van der Waals surface area (Å²) >= 11 is 0. The van der Waals surface area contributed by atoms with Gasteiger partial charge in [0.15, 0.2) is 11.4 Å². The number of halogens is 1. The van der Waals surface area contributed by atoms with E-state index >= 15 is 0 Å². The monoisotopic (exact) mass is 338 g/mol. The highest BCUT2D eigenvalue weighted by molar-refractivity contribution is 5.83. The van der Waals surface area contributed by atoms with Crippen molar-refractivity contribution in [2.24, 2.45) is 5.73 Å².